The molecular weight excluding hydrogens is 616 g/mol. The molecule has 47 heavy (non-hydrogen) atoms. The fourth-order valence-electron chi connectivity index (χ4n) is 7.68. The summed E-state index contributed by atoms with van der Waals surface area (Å²) in [5.41, 5.74) is 0.216. The standard InChI is InChI=1S/C34H34O13/c1-43-21-10-9-19-16-20-8-5-14-33-27(19)29(21)47-30(33)22(13-15-34(20,33)42)44-25(37)11-12-26(38)46-28(18-6-3-2-4-7-18)32(41)45-23(31(39)40)17-24(35)36/h2-4,6-7,9-10,13,20,23,28,30,42H,5,8,11-12,14-17H2,1H3,(H,35,36)(H,39,40)/t20-,23-,28+,30+,33+,34-/m1/s1. The minimum absolute atomic E-state index is 0.0108. The lowest BCUT2D eigenvalue weighted by Gasteiger charge is -2.59. The number of carbonyl (C=O) groups excluding carboxylic acids is 3. The van der Waals surface area contributed by atoms with Crippen LogP contribution in [-0.4, -0.2) is 70.1 Å². The van der Waals surface area contributed by atoms with Gasteiger partial charge in [0.1, 0.15) is 5.76 Å². The Labute approximate surface area is 269 Å². The highest BCUT2D eigenvalue weighted by Gasteiger charge is 2.70. The molecule has 0 unspecified atom stereocenters. The van der Waals surface area contributed by atoms with Crippen molar-refractivity contribution >= 4 is 29.8 Å². The first kappa shape index (κ1) is 32.0. The molecule has 248 valence electrons. The summed E-state index contributed by atoms with van der Waals surface area (Å²) in [6.07, 6.45) is -1.43. The van der Waals surface area contributed by atoms with E-state index in [2.05, 4.69) is 0 Å². The first-order valence-electron chi connectivity index (χ1n) is 15.4. The third kappa shape index (κ3) is 5.47. The van der Waals surface area contributed by atoms with Gasteiger partial charge in [0.05, 0.1) is 37.4 Å². The van der Waals surface area contributed by atoms with E-state index in [1.807, 2.05) is 12.1 Å². The van der Waals surface area contributed by atoms with E-state index in [0.29, 0.717) is 24.3 Å². The quantitative estimate of drug-likeness (QED) is 0.224. The van der Waals surface area contributed by atoms with Crippen LogP contribution < -0.4 is 9.47 Å². The lowest BCUT2D eigenvalue weighted by Crippen LogP contribution is -2.67. The van der Waals surface area contributed by atoms with Gasteiger partial charge in [-0.1, -0.05) is 42.8 Å². The molecule has 0 radical (unpaired) electrons. The molecule has 2 aromatic rings. The molecule has 13 nitrogen and oxygen atoms in total. The van der Waals surface area contributed by atoms with Crippen LogP contribution in [0.3, 0.4) is 0 Å². The van der Waals surface area contributed by atoms with Crippen molar-refractivity contribution in [3.05, 3.63) is 71.0 Å². The summed E-state index contributed by atoms with van der Waals surface area (Å²) >= 11 is 0. The van der Waals surface area contributed by atoms with Gasteiger partial charge in [0.2, 0.25) is 12.2 Å². The molecule has 13 heteroatoms. The Morgan fingerprint density at radius 1 is 1.00 bits per heavy atom. The van der Waals surface area contributed by atoms with Gasteiger partial charge in [-0.15, -0.1) is 0 Å². The SMILES string of the molecule is COc1ccc2c3c1O[C@H]1C(OC(=O)CCC(=O)O[C@H](C(=O)O[C@H](CC(=O)O)C(=O)O)c4ccccc4)=CC[C@@]4(O)[C@H](CCC[C@]314)C2. The second kappa shape index (κ2) is 12.4. The maximum Gasteiger partial charge on any atom is 0.353 e. The van der Waals surface area contributed by atoms with Crippen LogP contribution in [0.25, 0.3) is 0 Å². The van der Waals surface area contributed by atoms with Crippen LogP contribution in [0.1, 0.15) is 67.7 Å². The maximum absolute atomic E-state index is 13.1. The summed E-state index contributed by atoms with van der Waals surface area (Å²) in [6.45, 7) is 0. The molecule has 1 heterocycles. The number of hydrogen-bond acceptors (Lipinski definition) is 11. The van der Waals surface area contributed by atoms with Crippen LogP contribution >= 0.6 is 0 Å². The van der Waals surface area contributed by atoms with Crippen LogP contribution in [-0.2, 0) is 50.0 Å². The van der Waals surface area contributed by atoms with Gasteiger partial charge in [0.25, 0.3) is 0 Å². The second-order valence-electron chi connectivity index (χ2n) is 12.2. The van der Waals surface area contributed by atoms with Gasteiger partial charge in [0.15, 0.2) is 17.6 Å². The molecule has 4 aliphatic rings. The average molecular weight is 651 g/mol. The van der Waals surface area contributed by atoms with Crippen molar-refractivity contribution in [2.75, 3.05) is 7.11 Å². The number of carboxylic acid groups (broad SMARTS) is 2. The number of aliphatic hydroxyl groups is 1. The molecule has 2 bridgehead atoms. The van der Waals surface area contributed by atoms with E-state index < -0.39 is 78.4 Å². The van der Waals surface area contributed by atoms with Gasteiger partial charge in [-0.05, 0) is 49.3 Å². The zero-order chi connectivity index (χ0) is 33.5. The number of carbonyl (C=O) groups is 5. The van der Waals surface area contributed by atoms with Crippen molar-refractivity contribution in [1.29, 1.82) is 0 Å². The second-order valence-corrected chi connectivity index (χ2v) is 12.2. The third-order valence-electron chi connectivity index (χ3n) is 9.69. The van der Waals surface area contributed by atoms with Gasteiger partial charge in [-0.25, -0.2) is 9.59 Å². The highest BCUT2D eigenvalue weighted by atomic mass is 16.6. The first-order valence-corrected chi connectivity index (χ1v) is 15.4. The van der Waals surface area contributed by atoms with Crippen LogP contribution in [0.2, 0.25) is 0 Å². The minimum Gasteiger partial charge on any atom is -0.493 e. The van der Waals surface area contributed by atoms with Crippen molar-refractivity contribution in [3.8, 4) is 11.5 Å². The van der Waals surface area contributed by atoms with Crippen molar-refractivity contribution in [3.63, 3.8) is 0 Å². The van der Waals surface area contributed by atoms with Crippen molar-refractivity contribution in [1.82, 2.24) is 0 Å². The Hall–Kier alpha value is -4.91. The molecule has 2 aromatic carbocycles. The number of carboxylic acids is 2. The molecule has 6 atom stereocenters. The normalized spacial score (nSPS) is 26.0. The first-order chi connectivity index (χ1) is 22.5. The van der Waals surface area contributed by atoms with Gasteiger partial charge in [0, 0.05) is 11.1 Å². The Morgan fingerprint density at radius 3 is 2.45 bits per heavy atom. The van der Waals surface area contributed by atoms with Crippen molar-refractivity contribution in [2.45, 2.75) is 80.7 Å². The highest BCUT2D eigenvalue weighted by Crippen LogP contribution is 2.67. The fraction of sp³-hybridized carbons (Fsp3) is 0.441. The number of benzene rings is 2. The lowest BCUT2D eigenvalue weighted by molar-refractivity contribution is -0.179. The van der Waals surface area contributed by atoms with Gasteiger partial charge < -0.3 is 39.0 Å². The number of methoxy groups -OCH3 is 1. The molecule has 0 aromatic heterocycles. The van der Waals surface area contributed by atoms with E-state index in [0.717, 1.165) is 24.0 Å². The zero-order valence-electron chi connectivity index (χ0n) is 25.5. The topological polar surface area (TPSA) is 192 Å². The molecule has 0 amide bonds. The van der Waals surface area contributed by atoms with Crippen molar-refractivity contribution in [2.24, 2.45) is 5.92 Å². The van der Waals surface area contributed by atoms with E-state index in [9.17, 15) is 34.2 Å². The van der Waals surface area contributed by atoms with Crippen LogP contribution in [0.15, 0.2) is 54.3 Å². The molecule has 3 N–H and O–H groups in total. The zero-order valence-corrected chi connectivity index (χ0v) is 25.5. The van der Waals surface area contributed by atoms with E-state index >= 15 is 0 Å². The Bertz CT molecular complexity index is 1650. The van der Waals surface area contributed by atoms with Crippen LogP contribution in [0.4, 0.5) is 0 Å². The summed E-state index contributed by atoms with van der Waals surface area (Å²) in [5, 5.41) is 30.4. The summed E-state index contributed by atoms with van der Waals surface area (Å²) < 4.78 is 28.0. The molecule has 1 saturated carbocycles. The van der Waals surface area contributed by atoms with Crippen molar-refractivity contribution < 1.29 is 63.0 Å². The largest absolute Gasteiger partial charge is 0.493 e. The van der Waals surface area contributed by atoms with Crippen LogP contribution in [0.5, 0.6) is 11.5 Å². The number of esters is 3. The molecule has 6 rings (SSSR count). The summed E-state index contributed by atoms with van der Waals surface area (Å²) in [4.78, 5) is 61.3. The Balaban J connectivity index is 1.15. The van der Waals surface area contributed by atoms with E-state index in [-0.39, 0.29) is 23.7 Å². The molecule has 0 saturated heterocycles. The fourth-order valence-corrected chi connectivity index (χ4v) is 7.68. The summed E-state index contributed by atoms with van der Waals surface area (Å²) in [7, 11) is 1.54. The average Bonchev–Trinajstić information content (AvgIpc) is 3.39. The van der Waals surface area contributed by atoms with E-state index in [1.165, 1.54) is 12.1 Å². The van der Waals surface area contributed by atoms with Gasteiger partial charge in [-0.2, -0.15) is 0 Å². The van der Waals surface area contributed by atoms with Gasteiger partial charge >= 0.3 is 29.8 Å². The summed E-state index contributed by atoms with van der Waals surface area (Å²) in [6, 6.07) is 11.5. The number of ether oxygens (including phenoxy) is 5. The predicted molar refractivity (Wildman–Crippen MR) is 158 cm³/mol. The molecule has 1 aliphatic heterocycles. The predicted octanol–water partition coefficient (Wildman–Crippen LogP) is 3.15. The number of aliphatic carboxylic acids is 2. The molecular formula is C34H34O13. The Morgan fingerprint density at radius 2 is 1.74 bits per heavy atom. The minimum atomic E-state index is -2.01. The third-order valence-corrected chi connectivity index (χ3v) is 9.69. The number of rotatable bonds is 12. The molecule has 1 fully saturated rings. The monoisotopic (exact) mass is 650 g/mol. The van der Waals surface area contributed by atoms with E-state index in [1.54, 1.807) is 31.4 Å². The van der Waals surface area contributed by atoms with E-state index in [4.69, 9.17) is 28.8 Å². The lowest BCUT2D eigenvalue weighted by atomic mass is 9.47. The maximum atomic E-state index is 13.1. The highest BCUT2D eigenvalue weighted by molar-refractivity contribution is 5.86. The smallest absolute Gasteiger partial charge is 0.353 e. The Kier molecular flexibility index (Phi) is 8.43. The molecule has 3 aliphatic carbocycles. The van der Waals surface area contributed by atoms with Crippen LogP contribution in [0, 0.1) is 5.92 Å². The van der Waals surface area contributed by atoms with Gasteiger partial charge in [-0.3, -0.25) is 14.4 Å². The number of hydrogen-bond donors (Lipinski definition) is 3. The molecule has 1 spiro atoms. The summed E-state index contributed by atoms with van der Waals surface area (Å²) in [5.74, 6) is -4.91.